The first-order chi connectivity index (χ1) is 8.29. The molecule has 2 aromatic rings. The van der Waals surface area contributed by atoms with E-state index in [0.29, 0.717) is 0 Å². The Bertz CT molecular complexity index is 563. The predicted molar refractivity (Wildman–Crippen MR) is 74.4 cm³/mol. The molecule has 0 aliphatic carbocycles. The third kappa shape index (κ3) is 1.73. The van der Waals surface area contributed by atoms with Gasteiger partial charge >= 0.3 is 0 Å². The largest absolute Gasteiger partial charge is 0.343 e. The van der Waals surface area contributed by atoms with Crippen LogP contribution in [0.3, 0.4) is 0 Å². The van der Waals surface area contributed by atoms with Gasteiger partial charge in [0, 0.05) is 16.8 Å². The smallest absolute Gasteiger partial charge is 0.0550 e. The number of anilines is 2. The van der Waals surface area contributed by atoms with Crippen LogP contribution in [0.4, 0.5) is 11.4 Å². The van der Waals surface area contributed by atoms with E-state index in [1.165, 1.54) is 26.7 Å². The fraction of sp³-hybridized carbons (Fsp3) is 0.200. The number of para-hydroxylation sites is 1. The summed E-state index contributed by atoms with van der Waals surface area (Å²) in [7, 11) is 2.14. The van der Waals surface area contributed by atoms with Gasteiger partial charge in [0.1, 0.15) is 0 Å². The SMILES string of the molecule is CCc1ccc2c(c1)Sc1ccccc1N2C. The molecule has 2 heteroatoms. The summed E-state index contributed by atoms with van der Waals surface area (Å²) < 4.78 is 0. The standard InChI is InChI=1S/C15H15NS/c1-3-11-8-9-13-15(10-11)17-14-7-5-4-6-12(14)16(13)2/h4-10H,3H2,1-2H3. The van der Waals surface area contributed by atoms with Crippen LogP contribution in [-0.2, 0) is 6.42 Å². The minimum atomic E-state index is 1.10. The molecule has 0 saturated carbocycles. The highest BCUT2D eigenvalue weighted by molar-refractivity contribution is 7.99. The summed E-state index contributed by atoms with van der Waals surface area (Å²) in [6.45, 7) is 2.20. The van der Waals surface area contributed by atoms with Crippen LogP contribution in [0.25, 0.3) is 0 Å². The first kappa shape index (κ1) is 10.7. The number of hydrogen-bond donors (Lipinski definition) is 0. The van der Waals surface area contributed by atoms with Crippen LogP contribution in [0.15, 0.2) is 52.3 Å². The Hall–Kier alpha value is -1.41. The number of fused-ring (bicyclic) bond motifs is 2. The Balaban J connectivity index is 2.12. The van der Waals surface area contributed by atoms with Crippen LogP contribution < -0.4 is 4.90 Å². The van der Waals surface area contributed by atoms with Gasteiger partial charge in [0.2, 0.25) is 0 Å². The van der Waals surface area contributed by atoms with Gasteiger partial charge in [0.05, 0.1) is 11.4 Å². The molecule has 2 aromatic carbocycles. The van der Waals surface area contributed by atoms with E-state index < -0.39 is 0 Å². The molecular weight excluding hydrogens is 226 g/mol. The lowest BCUT2D eigenvalue weighted by atomic mass is 10.1. The Labute approximate surface area is 106 Å². The van der Waals surface area contributed by atoms with E-state index in [1.807, 2.05) is 11.8 Å². The van der Waals surface area contributed by atoms with Crippen molar-refractivity contribution in [2.75, 3.05) is 11.9 Å². The molecule has 0 amide bonds. The summed E-state index contributed by atoms with van der Waals surface area (Å²) in [5, 5.41) is 0. The molecule has 0 fully saturated rings. The molecule has 1 aliphatic rings. The average molecular weight is 241 g/mol. The highest BCUT2D eigenvalue weighted by atomic mass is 32.2. The number of benzene rings is 2. The monoisotopic (exact) mass is 241 g/mol. The van der Waals surface area contributed by atoms with Crippen molar-refractivity contribution in [3.05, 3.63) is 48.0 Å². The maximum absolute atomic E-state index is 2.31. The lowest BCUT2D eigenvalue weighted by Crippen LogP contribution is -2.14. The van der Waals surface area contributed by atoms with E-state index >= 15 is 0 Å². The lowest BCUT2D eigenvalue weighted by molar-refractivity contribution is 1.08. The molecule has 0 bridgehead atoms. The van der Waals surface area contributed by atoms with E-state index in [2.05, 4.69) is 61.3 Å². The Morgan fingerprint density at radius 1 is 1.00 bits per heavy atom. The maximum Gasteiger partial charge on any atom is 0.0550 e. The quantitative estimate of drug-likeness (QED) is 0.724. The second-order valence-corrected chi connectivity index (χ2v) is 5.37. The molecule has 17 heavy (non-hydrogen) atoms. The lowest BCUT2D eigenvalue weighted by Gasteiger charge is -2.29. The number of hydrogen-bond acceptors (Lipinski definition) is 2. The van der Waals surface area contributed by atoms with Crippen molar-refractivity contribution in [1.29, 1.82) is 0 Å². The zero-order valence-electron chi connectivity index (χ0n) is 10.1. The molecule has 0 aromatic heterocycles. The summed E-state index contributed by atoms with van der Waals surface area (Å²) in [6.07, 6.45) is 1.10. The van der Waals surface area contributed by atoms with Crippen molar-refractivity contribution < 1.29 is 0 Å². The molecule has 0 atom stereocenters. The fourth-order valence-electron chi connectivity index (χ4n) is 2.21. The molecule has 86 valence electrons. The number of rotatable bonds is 1. The molecule has 1 nitrogen and oxygen atoms in total. The third-order valence-corrected chi connectivity index (χ3v) is 4.35. The van der Waals surface area contributed by atoms with Crippen LogP contribution >= 0.6 is 11.8 Å². The van der Waals surface area contributed by atoms with Crippen molar-refractivity contribution in [3.63, 3.8) is 0 Å². The van der Waals surface area contributed by atoms with Crippen molar-refractivity contribution in [3.8, 4) is 0 Å². The van der Waals surface area contributed by atoms with E-state index in [-0.39, 0.29) is 0 Å². The summed E-state index contributed by atoms with van der Waals surface area (Å²) in [5.41, 5.74) is 4.02. The van der Waals surface area contributed by atoms with Gasteiger partial charge in [-0.25, -0.2) is 0 Å². The van der Waals surface area contributed by atoms with Crippen molar-refractivity contribution in [2.24, 2.45) is 0 Å². The minimum absolute atomic E-state index is 1.10. The average Bonchev–Trinajstić information content (AvgIpc) is 2.38. The van der Waals surface area contributed by atoms with Gasteiger partial charge in [-0.15, -0.1) is 0 Å². The number of aryl methyl sites for hydroxylation is 1. The summed E-state index contributed by atoms with van der Waals surface area (Å²) in [5.74, 6) is 0. The molecule has 0 N–H and O–H groups in total. The van der Waals surface area contributed by atoms with E-state index in [1.54, 1.807) is 0 Å². The molecule has 1 aliphatic heterocycles. The van der Waals surface area contributed by atoms with Crippen LogP contribution in [0, 0.1) is 0 Å². The highest BCUT2D eigenvalue weighted by Crippen LogP contribution is 2.47. The minimum Gasteiger partial charge on any atom is -0.343 e. The zero-order chi connectivity index (χ0) is 11.8. The van der Waals surface area contributed by atoms with Crippen LogP contribution in [-0.4, -0.2) is 7.05 Å². The number of nitrogens with zero attached hydrogens (tertiary/aromatic N) is 1. The van der Waals surface area contributed by atoms with Crippen molar-refractivity contribution in [1.82, 2.24) is 0 Å². The van der Waals surface area contributed by atoms with Crippen LogP contribution in [0.2, 0.25) is 0 Å². The predicted octanol–water partition coefficient (Wildman–Crippen LogP) is 4.48. The first-order valence-electron chi connectivity index (χ1n) is 5.93. The first-order valence-corrected chi connectivity index (χ1v) is 6.75. The van der Waals surface area contributed by atoms with E-state index in [0.717, 1.165) is 6.42 Å². The molecular formula is C15H15NS. The van der Waals surface area contributed by atoms with Gasteiger partial charge in [-0.2, -0.15) is 0 Å². The van der Waals surface area contributed by atoms with Crippen LogP contribution in [0.5, 0.6) is 0 Å². The molecule has 3 rings (SSSR count). The Morgan fingerprint density at radius 3 is 2.59 bits per heavy atom. The second-order valence-electron chi connectivity index (χ2n) is 4.28. The van der Waals surface area contributed by atoms with E-state index in [9.17, 15) is 0 Å². The third-order valence-electron chi connectivity index (χ3n) is 3.24. The topological polar surface area (TPSA) is 3.24 Å². The summed E-state index contributed by atoms with van der Waals surface area (Å²) in [4.78, 5) is 4.99. The summed E-state index contributed by atoms with van der Waals surface area (Å²) >= 11 is 1.87. The van der Waals surface area contributed by atoms with Crippen LogP contribution in [0.1, 0.15) is 12.5 Å². The zero-order valence-corrected chi connectivity index (χ0v) is 10.9. The van der Waals surface area contributed by atoms with Gasteiger partial charge < -0.3 is 4.90 Å². The highest BCUT2D eigenvalue weighted by Gasteiger charge is 2.19. The molecule has 0 spiro atoms. The van der Waals surface area contributed by atoms with Gasteiger partial charge in [-0.1, -0.05) is 36.9 Å². The van der Waals surface area contributed by atoms with Crippen molar-refractivity contribution in [2.45, 2.75) is 23.1 Å². The second kappa shape index (κ2) is 4.11. The molecule has 1 heterocycles. The van der Waals surface area contributed by atoms with Gasteiger partial charge in [0.15, 0.2) is 0 Å². The van der Waals surface area contributed by atoms with Gasteiger partial charge in [0.25, 0.3) is 0 Å². The van der Waals surface area contributed by atoms with Crippen molar-refractivity contribution >= 4 is 23.1 Å². The molecule has 0 unspecified atom stereocenters. The van der Waals surface area contributed by atoms with Gasteiger partial charge in [-0.05, 0) is 36.2 Å². The van der Waals surface area contributed by atoms with E-state index in [4.69, 9.17) is 0 Å². The molecule has 0 saturated heterocycles. The maximum atomic E-state index is 2.31. The Morgan fingerprint density at radius 2 is 1.76 bits per heavy atom. The van der Waals surface area contributed by atoms with Gasteiger partial charge in [-0.3, -0.25) is 0 Å². The Kier molecular flexibility index (Phi) is 2.60. The normalized spacial score (nSPS) is 13.2. The molecule has 0 radical (unpaired) electrons. The fourth-order valence-corrected chi connectivity index (χ4v) is 3.42. The summed E-state index contributed by atoms with van der Waals surface area (Å²) in [6, 6.07) is 15.3.